The van der Waals surface area contributed by atoms with Gasteiger partial charge in [-0.05, 0) is 26.0 Å². The summed E-state index contributed by atoms with van der Waals surface area (Å²) in [5.74, 6) is 0. The minimum atomic E-state index is 0.214. The van der Waals surface area contributed by atoms with Gasteiger partial charge in [-0.15, -0.1) is 11.3 Å². The lowest BCUT2D eigenvalue weighted by atomic mass is 10.1. The van der Waals surface area contributed by atoms with Crippen molar-refractivity contribution in [1.82, 2.24) is 14.8 Å². The van der Waals surface area contributed by atoms with Crippen molar-refractivity contribution in [3.8, 4) is 11.3 Å². The molecule has 2 aromatic heterocycles. The van der Waals surface area contributed by atoms with Gasteiger partial charge in [0.15, 0.2) is 0 Å². The van der Waals surface area contributed by atoms with Crippen molar-refractivity contribution >= 4 is 17.0 Å². The first-order valence-electron chi connectivity index (χ1n) is 6.89. The van der Waals surface area contributed by atoms with Gasteiger partial charge in [0, 0.05) is 35.4 Å². The molecule has 0 amide bonds. The third-order valence-corrected chi connectivity index (χ3v) is 4.16. The van der Waals surface area contributed by atoms with Gasteiger partial charge in [-0.3, -0.25) is 4.68 Å². The van der Waals surface area contributed by atoms with E-state index in [-0.39, 0.29) is 6.04 Å². The summed E-state index contributed by atoms with van der Waals surface area (Å²) in [4.78, 5) is 4.54. The van der Waals surface area contributed by atoms with Crippen LogP contribution in [0.5, 0.6) is 0 Å². The van der Waals surface area contributed by atoms with Crippen LogP contribution in [0, 0.1) is 6.92 Å². The highest BCUT2D eigenvalue weighted by Gasteiger charge is 2.08. The SMILES string of the molecule is Cc1nc(-c2cccc(NC(C)c3cnn(C)c3)c2)cs1. The van der Waals surface area contributed by atoms with E-state index in [1.54, 1.807) is 11.3 Å². The molecule has 0 aliphatic rings. The Bertz CT molecular complexity index is 744. The predicted octanol–water partition coefficient (Wildman–Crippen LogP) is 4.03. The molecular formula is C16H18N4S. The lowest BCUT2D eigenvalue weighted by molar-refractivity contribution is 0.765. The van der Waals surface area contributed by atoms with E-state index < -0.39 is 0 Å². The minimum absolute atomic E-state index is 0.214. The second-order valence-corrected chi connectivity index (χ2v) is 6.21. The summed E-state index contributed by atoms with van der Waals surface area (Å²) < 4.78 is 1.82. The van der Waals surface area contributed by atoms with Crippen LogP contribution in [0.3, 0.4) is 0 Å². The molecular weight excluding hydrogens is 280 g/mol. The number of anilines is 1. The summed E-state index contributed by atoms with van der Waals surface area (Å²) in [5, 5.41) is 10.9. The Morgan fingerprint density at radius 2 is 2.19 bits per heavy atom. The zero-order valence-electron chi connectivity index (χ0n) is 12.4. The normalized spacial score (nSPS) is 12.3. The molecule has 1 aromatic carbocycles. The Morgan fingerprint density at radius 1 is 1.33 bits per heavy atom. The summed E-state index contributed by atoms with van der Waals surface area (Å²) in [5.41, 5.74) is 4.44. The van der Waals surface area contributed by atoms with E-state index in [9.17, 15) is 0 Å². The highest BCUT2D eigenvalue weighted by atomic mass is 32.1. The van der Waals surface area contributed by atoms with Crippen molar-refractivity contribution < 1.29 is 0 Å². The number of benzene rings is 1. The number of aryl methyl sites for hydroxylation is 2. The Hall–Kier alpha value is -2.14. The molecule has 1 N–H and O–H groups in total. The number of hydrogen-bond donors (Lipinski definition) is 1. The van der Waals surface area contributed by atoms with Gasteiger partial charge in [-0.2, -0.15) is 5.10 Å². The Kier molecular flexibility index (Phi) is 3.75. The van der Waals surface area contributed by atoms with Gasteiger partial charge < -0.3 is 5.32 Å². The van der Waals surface area contributed by atoms with Gasteiger partial charge in [0.1, 0.15) is 0 Å². The summed E-state index contributed by atoms with van der Waals surface area (Å²) >= 11 is 1.68. The lowest BCUT2D eigenvalue weighted by Gasteiger charge is -2.14. The average Bonchev–Trinajstić information content (AvgIpc) is 3.08. The van der Waals surface area contributed by atoms with Crippen molar-refractivity contribution in [3.05, 3.63) is 52.6 Å². The molecule has 0 fully saturated rings. The van der Waals surface area contributed by atoms with Crippen LogP contribution in [0.1, 0.15) is 23.5 Å². The number of aromatic nitrogens is 3. The van der Waals surface area contributed by atoms with Gasteiger partial charge in [0.2, 0.25) is 0 Å². The second-order valence-electron chi connectivity index (χ2n) is 5.15. The van der Waals surface area contributed by atoms with E-state index in [0.29, 0.717) is 0 Å². The first-order chi connectivity index (χ1) is 10.1. The van der Waals surface area contributed by atoms with E-state index in [1.165, 1.54) is 5.56 Å². The van der Waals surface area contributed by atoms with Gasteiger partial charge >= 0.3 is 0 Å². The molecule has 5 heteroatoms. The maximum absolute atomic E-state index is 4.54. The fraction of sp³-hybridized carbons (Fsp3) is 0.250. The maximum atomic E-state index is 4.54. The third kappa shape index (κ3) is 3.13. The highest BCUT2D eigenvalue weighted by molar-refractivity contribution is 7.09. The topological polar surface area (TPSA) is 42.7 Å². The number of nitrogens with zero attached hydrogens (tertiary/aromatic N) is 3. The van der Waals surface area contributed by atoms with Crippen molar-refractivity contribution in [1.29, 1.82) is 0 Å². The quantitative estimate of drug-likeness (QED) is 0.791. The summed E-state index contributed by atoms with van der Waals surface area (Å²) in [6, 6.07) is 8.58. The molecule has 2 heterocycles. The number of rotatable bonds is 4. The molecule has 0 spiro atoms. The zero-order chi connectivity index (χ0) is 14.8. The molecule has 0 aliphatic heterocycles. The van der Waals surface area contributed by atoms with E-state index in [0.717, 1.165) is 22.0 Å². The monoisotopic (exact) mass is 298 g/mol. The lowest BCUT2D eigenvalue weighted by Crippen LogP contribution is -2.05. The number of hydrogen-bond acceptors (Lipinski definition) is 4. The van der Waals surface area contributed by atoms with Gasteiger partial charge in [0.25, 0.3) is 0 Å². The molecule has 3 aromatic rings. The summed E-state index contributed by atoms with van der Waals surface area (Å²) in [7, 11) is 1.93. The van der Waals surface area contributed by atoms with Crippen LogP contribution in [0.25, 0.3) is 11.3 Å². The van der Waals surface area contributed by atoms with E-state index in [4.69, 9.17) is 0 Å². The highest BCUT2D eigenvalue weighted by Crippen LogP contribution is 2.26. The molecule has 1 unspecified atom stereocenters. The molecule has 0 saturated heterocycles. The van der Waals surface area contributed by atoms with Gasteiger partial charge in [-0.1, -0.05) is 12.1 Å². The van der Waals surface area contributed by atoms with Crippen LogP contribution in [0.4, 0.5) is 5.69 Å². The molecule has 0 bridgehead atoms. The van der Waals surface area contributed by atoms with E-state index in [2.05, 4.69) is 52.0 Å². The molecule has 0 radical (unpaired) electrons. The van der Waals surface area contributed by atoms with Crippen molar-refractivity contribution in [2.24, 2.45) is 7.05 Å². The van der Waals surface area contributed by atoms with Crippen molar-refractivity contribution in [2.45, 2.75) is 19.9 Å². The largest absolute Gasteiger partial charge is 0.378 e. The van der Waals surface area contributed by atoms with Crippen LogP contribution in [-0.4, -0.2) is 14.8 Å². The maximum Gasteiger partial charge on any atom is 0.0901 e. The van der Waals surface area contributed by atoms with Crippen molar-refractivity contribution in [2.75, 3.05) is 5.32 Å². The van der Waals surface area contributed by atoms with Crippen LogP contribution in [-0.2, 0) is 7.05 Å². The Labute approximate surface area is 128 Å². The van der Waals surface area contributed by atoms with E-state index in [1.807, 2.05) is 31.0 Å². The smallest absolute Gasteiger partial charge is 0.0901 e. The van der Waals surface area contributed by atoms with Crippen LogP contribution >= 0.6 is 11.3 Å². The fourth-order valence-corrected chi connectivity index (χ4v) is 2.88. The number of thiazole rings is 1. The minimum Gasteiger partial charge on any atom is -0.378 e. The van der Waals surface area contributed by atoms with Gasteiger partial charge in [0.05, 0.1) is 22.9 Å². The Balaban J connectivity index is 1.80. The van der Waals surface area contributed by atoms with Crippen molar-refractivity contribution in [3.63, 3.8) is 0 Å². The fourth-order valence-electron chi connectivity index (χ4n) is 2.26. The first kappa shape index (κ1) is 13.8. The second kappa shape index (κ2) is 5.69. The summed E-state index contributed by atoms with van der Waals surface area (Å²) in [6.45, 7) is 4.16. The molecule has 3 rings (SSSR count). The average molecular weight is 298 g/mol. The molecule has 21 heavy (non-hydrogen) atoms. The third-order valence-electron chi connectivity index (χ3n) is 3.39. The zero-order valence-corrected chi connectivity index (χ0v) is 13.2. The van der Waals surface area contributed by atoms with Crippen LogP contribution in [0.15, 0.2) is 42.0 Å². The Morgan fingerprint density at radius 3 is 2.86 bits per heavy atom. The molecule has 108 valence electrons. The van der Waals surface area contributed by atoms with Crippen LogP contribution < -0.4 is 5.32 Å². The predicted molar refractivity (Wildman–Crippen MR) is 87.5 cm³/mol. The van der Waals surface area contributed by atoms with Crippen LogP contribution in [0.2, 0.25) is 0 Å². The molecule has 0 aliphatic carbocycles. The number of nitrogens with one attached hydrogen (secondary N) is 1. The molecule has 1 atom stereocenters. The van der Waals surface area contributed by atoms with Gasteiger partial charge in [-0.25, -0.2) is 4.98 Å². The summed E-state index contributed by atoms with van der Waals surface area (Å²) in [6.07, 6.45) is 3.93. The van der Waals surface area contributed by atoms with E-state index >= 15 is 0 Å². The first-order valence-corrected chi connectivity index (χ1v) is 7.77. The molecule has 0 saturated carbocycles. The molecule has 4 nitrogen and oxygen atoms in total. The standard InChI is InChI=1S/C16H18N4S/c1-11(14-8-17-20(3)9-14)18-15-6-4-5-13(7-15)16-10-21-12(2)19-16/h4-11,18H,1-3H3.